The smallest absolute Gasteiger partial charge is 0.408 e. The van der Waals surface area contributed by atoms with Crippen LogP contribution < -0.4 is 15.4 Å². The Balaban J connectivity index is 2.11. The maximum Gasteiger partial charge on any atom is 0.408 e. The fourth-order valence-corrected chi connectivity index (χ4v) is 3.32. The van der Waals surface area contributed by atoms with Crippen LogP contribution in [0.3, 0.4) is 0 Å². The number of hydrogen-bond donors (Lipinski definition) is 2. The van der Waals surface area contributed by atoms with Crippen LogP contribution in [0, 0.1) is 11.6 Å². The Hall–Kier alpha value is -2.73. The summed E-state index contributed by atoms with van der Waals surface area (Å²) in [4.78, 5) is 7.71. The molecular weight excluding hydrogens is 459 g/mol. The molecule has 1 atom stereocenters. The van der Waals surface area contributed by atoms with Gasteiger partial charge >= 0.3 is 6.18 Å². The zero-order chi connectivity index (χ0) is 23.5. The molecular formula is C19H20ClF5N6O. The number of rotatable bonds is 9. The van der Waals surface area contributed by atoms with Gasteiger partial charge in [-0.25, -0.2) is 8.78 Å². The van der Waals surface area contributed by atoms with E-state index >= 15 is 0 Å². The summed E-state index contributed by atoms with van der Waals surface area (Å²) in [6, 6.07) is -0.164. The van der Waals surface area contributed by atoms with E-state index in [9.17, 15) is 22.0 Å². The summed E-state index contributed by atoms with van der Waals surface area (Å²) < 4.78 is 76.5. The van der Waals surface area contributed by atoms with Crippen molar-refractivity contribution in [2.75, 3.05) is 25.5 Å². The van der Waals surface area contributed by atoms with Crippen LogP contribution in [0.15, 0.2) is 18.5 Å². The van der Waals surface area contributed by atoms with Crippen molar-refractivity contribution >= 4 is 23.2 Å². The molecule has 0 fully saturated rings. The van der Waals surface area contributed by atoms with E-state index in [1.165, 1.54) is 6.92 Å². The third kappa shape index (κ3) is 5.01. The van der Waals surface area contributed by atoms with Gasteiger partial charge in [-0.2, -0.15) is 32.8 Å². The Labute approximate surface area is 184 Å². The molecule has 0 saturated carbocycles. The van der Waals surface area contributed by atoms with Crippen LogP contribution in [0.1, 0.15) is 19.8 Å². The summed E-state index contributed by atoms with van der Waals surface area (Å²) >= 11 is 6.16. The van der Waals surface area contributed by atoms with Crippen LogP contribution >= 0.6 is 11.6 Å². The Bertz CT molecular complexity index is 1070. The molecule has 7 nitrogen and oxygen atoms in total. The van der Waals surface area contributed by atoms with Gasteiger partial charge in [0.05, 0.1) is 17.7 Å². The first-order valence-electron chi connectivity index (χ1n) is 9.66. The van der Waals surface area contributed by atoms with Gasteiger partial charge in [-0.05, 0) is 26.4 Å². The van der Waals surface area contributed by atoms with E-state index in [0.717, 1.165) is 23.0 Å². The van der Waals surface area contributed by atoms with Crippen molar-refractivity contribution in [1.82, 2.24) is 24.9 Å². The first-order valence-corrected chi connectivity index (χ1v) is 10.0. The normalized spacial score (nSPS) is 12.9. The predicted molar refractivity (Wildman–Crippen MR) is 109 cm³/mol. The molecule has 0 aliphatic heterocycles. The average molecular weight is 479 g/mol. The summed E-state index contributed by atoms with van der Waals surface area (Å²) in [5.41, 5.74) is -1.08. The third-order valence-electron chi connectivity index (χ3n) is 4.60. The van der Waals surface area contributed by atoms with E-state index in [0.29, 0.717) is 13.0 Å². The highest BCUT2D eigenvalue weighted by Gasteiger charge is 2.39. The first kappa shape index (κ1) is 23.9. The van der Waals surface area contributed by atoms with Gasteiger partial charge in [-0.1, -0.05) is 18.5 Å². The highest BCUT2D eigenvalue weighted by molar-refractivity contribution is 6.33. The second-order valence-electron chi connectivity index (χ2n) is 6.81. The second kappa shape index (κ2) is 9.82. The molecule has 0 bridgehead atoms. The van der Waals surface area contributed by atoms with Gasteiger partial charge in [0.15, 0.2) is 0 Å². The first-order chi connectivity index (χ1) is 15.2. The predicted octanol–water partition coefficient (Wildman–Crippen LogP) is 4.46. The van der Waals surface area contributed by atoms with Crippen molar-refractivity contribution in [2.24, 2.45) is 0 Å². The number of nitrogens with one attached hydrogen (secondary N) is 2. The molecule has 3 aromatic rings. The highest BCUT2D eigenvalue weighted by Crippen LogP contribution is 2.40. The molecule has 0 saturated heterocycles. The molecule has 2 heterocycles. The van der Waals surface area contributed by atoms with Crippen molar-refractivity contribution < 1.29 is 26.7 Å². The number of benzene rings is 1. The van der Waals surface area contributed by atoms with Crippen molar-refractivity contribution in [3.8, 4) is 16.9 Å². The molecule has 13 heteroatoms. The lowest BCUT2D eigenvalue weighted by Gasteiger charge is -2.23. The van der Waals surface area contributed by atoms with E-state index < -0.39 is 40.1 Å². The summed E-state index contributed by atoms with van der Waals surface area (Å²) in [6.45, 7) is 2.17. The van der Waals surface area contributed by atoms with Gasteiger partial charge < -0.3 is 15.4 Å². The quantitative estimate of drug-likeness (QED) is 0.268. The van der Waals surface area contributed by atoms with Gasteiger partial charge in [0, 0.05) is 12.1 Å². The van der Waals surface area contributed by atoms with Crippen molar-refractivity contribution in [3.05, 3.63) is 35.2 Å². The van der Waals surface area contributed by atoms with Crippen LogP contribution in [0.4, 0.5) is 27.8 Å². The lowest BCUT2D eigenvalue weighted by atomic mass is 10.1. The van der Waals surface area contributed by atoms with Crippen molar-refractivity contribution in [1.29, 1.82) is 0 Å². The number of halogens is 6. The Morgan fingerprint density at radius 1 is 1.19 bits per heavy atom. The topological polar surface area (TPSA) is 76.4 Å². The molecule has 1 aromatic carbocycles. The zero-order valence-electron chi connectivity index (χ0n) is 17.1. The molecule has 3 rings (SSSR count). The van der Waals surface area contributed by atoms with Crippen molar-refractivity contribution in [3.63, 3.8) is 0 Å². The minimum atomic E-state index is -4.64. The number of aromatic nitrogens is 4. The Morgan fingerprint density at radius 3 is 2.47 bits per heavy atom. The van der Waals surface area contributed by atoms with Gasteiger partial charge in [0.2, 0.25) is 0 Å². The van der Waals surface area contributed by atoms with Gasteiger partial charge in [0.1, 0.15) is 40.7 Å². The van der Waals surface area contributed by atoms with E-state index in [2.05, 4.69) is 25.7 Å². The Morgan fingerprint density at radius 2 is 1.88 bits per heavy atom. The molecule has 0 unspecified atom stereocenters. The summed E-state index contributed by atoms with van der Waals surface area (Å²) in [5, 5.41) is 8.57. The average Bonchev–Trinajstić information content (AvgIpc) is 3.17. The summed E-state index contributed by atoms with van der Waals surface area (Å²) in [6.07, 6.45) is -3.36. The maximum atomic E-state index is 15.0. The number of hydrogen-bond acceptors (Lipinski definition) is 6. The SMILES string of the molecule is CC[C@@H](Nc1c(-c2c(F)cc(OCCCNC)cc2F)c(Cl)nc2ncnn12)C(F)(F)F. The maximum absolute atomic E-state index is 15.0. The second-order valence-corrected chi connectivity index (χ2v) is 7.17. The van der Waals surface area contributed by atoms with Crippen LogP contribution in [-0.4, -0.2) is 52.0 Å². The van der Waals surface area contributed by atoms with Gasteiger partial charge in [-0.3, -0.25) is 0 Å². The fraction of sp³-hybridized carbons (Fsp3) is 0.421. The molecule has 0 spiro atoms. The molecule has 2 aromatic heterocycles. The lowest BCUT2D eigenvalue weighted by Crippen LogP contribution is -2.36. The van der Waals surface area contributed by atoms with E-state index in [1.54, 1.807) is 7.05 Å². The number of ether oxygens (including phenoxy) is 1. The largest absolute Gasteiger partial charge is 0.493 e. The molecule has 0 aliphatic carbocycles. The van der Waals surface area contributed by atoms with Gasteiger partial charge in [-0.15, -0.1) is 0 Å². The van der Waals surface area contributed by atoms with Crippen molar-refractivity contribution in [2.45, 2.75) is 32.0 Å². The lowest BCUT2D eigenvalue weighted by molar-refractivity contribution is -0.142. The van der Waals surface area contributed by atoms with Crippen LogP contribution in [0.2, 0.25) is 5.15 Å². The number of alkyl halides is 3. The van der Waals surface area contributed by atoms with Crippen LogP contribution in [0.5, 0.6) is 5.75 Å². The van der Waals surface area contributed by atoms with Gasteiger partial charge in [0.25, 0.3) is 5.78 Å². The standard InChI is InChI=1S/C19H20ClF5N6O/c1-3-13(19(23,24)25)29-17-15(16(20)30-18-27-9-28-31(17)18)14-11(21)7-10(8-12(14)22)32-6-4-5-26-2/h7-9,13,26,29H,3-6H2,1-2H3/t13-/m1/s1. The highest BCUT2D eigenvalue weighted by atomic mass is 35.5. The summed E-state index contributed by atoms with van der Waals surface area (Å²) in [5.74, 6) is -2.76. The minimum absolute atomic E-state index is 0.0676. The van der Waals surface area contributed by atoms with E-state index in [-0.39, 0.29) is 30.4 Å². The Kier molecular flexibility index (Phi) is 7.34. The molecule has 0 amide bonds. The molecule has 0 aliphatic rings. The van der Waals surface area contributed by atoms with E-state index in [1.807, 2.05) is 0 Å². The third-order valence-corrected chi connectivity index (χ3v) is 4.88. The molecule has 174 valence electrons. The van der Waals surface area contributed by atoms with Crippen LogP contribution in [0.25, 0.3) is 16.9 Å². The fourth-order valence-electron chi connectivity index (χ4n) is 3.06. The van der Waals surface area contributed by atoms with E-state index in [4.69, 9.17) is 16.3 Å². The monoisotopic (exact) mass is 478 g/mol. The van der Waals surface area contributed by atoms with Crippen LogP contribution in [-0.2, 0) is 0 Å². The number of fused-ring (bicyclic) bond motifs is 1. The molecule has 32 heavy (non-hydrogen) atoms. The number of nitrogens with zero attached hydrogens (tertiary/aromatic N) is 4. The zero-order valence-corrected chi connectivity index (χ0v) is 17.9. The molecule has 2 N–H and O–H groups in total. The molecule has 0 radical (unpaired) electrons. The number of anilines is 1. The minimum Gasteiger partial charge on any atom is -0.493 e. The summed E-state index contributed by atoms with van der Waals surface area (Å²) in [7, 11) is 1.76.